The molecule has 0 aromatic carbocycles. The maximum Gasteiger partial charge on any atom is 0.679 e. The first kappa shape index (κ1) is 47.1. The minimum atomic E-state index is -2.80. The Kier molecular flexibility index (Phi) is 37.8. The van der Waals surface area contributed by atoms with Gasteiger partial charge in [0.05, 0.1) is 0 Å². The second-order valence-corrected chi connectivity index (χ2v) is 13.2. The van der Waals surface area contributed by atoms with Crippen molar-refractivity contribution >= 4 is 27.1 Å². The maximum atomic E-state index is 5.42. The Bertz CT molecular complexity index is 341. The first-order valence-corrected chi connectivity index (χ1v) is 19.3. The fourth-order valence-corrected chi connectivity index (χ4v) is 8.61. The molecule has 40 heavy (non-hydrogen) atoms. The van der Waals surface area contributed by atoms with Crippen LogP contribution in [0, 0.1) is 0 Å². The predicted octanol–water partition coefficient (Wildman–Crippen LogP) is 5.34. The summed E-state index contributed by atoms with van der Waals surface area (Å²) in [5.74, 6) is 0. The van der Waals surface area contributed by atoms with Gasteiger partial charge in [0.15, 0.2) is 0 Å². The third-order valence-corrected chi connectivity index (χ3v) is 11.6. The van der Waals surface area contributed by atoms with Gasteiger partial charge >= 0.3 is 27.1 Å². The summed E-state index contributed by atoms with van der Waals surface area (Å²) in [5.41, 5.74) is 0. The first-order valence-electron chi connectivity index (χ1n) is 14.4. The zero-order chi connectivity index (χ0) is 30.5. The van der Waals surface area contributed by atoms with Crippen molar-refractivity contribution in [2.45, 2.75) is 90.5 Å². The van der Waals surface area contributed by atoms with Crippen LogP contribution in [0.5, 0.6) is 0 Å². The second-order valence-electron chi connectivity index (χ2n) is 6.70. The highest BCUT2D eigenvalue weighted by atomic mass is 28.4. The van der Waals surface area contributed by atoms with Crippen molar-refractivity contribution in [3.05, 3.63) is 0 Å². The predicted molar refractivity (Wildman–Crippen MR) is 164 cm³/mol. The fraction of sp³-hybridized carbons (Fsp3) is 1.00. The van der Waals surface area contributed by atoms with Crippen LogP contribution in [0.1, 0.15) is 90.5 Å². The molecule has 0 saturated heterocycles. The molecule has 0 aromatic heterocycles. The van der Waals surface area contributed by atoms with Crippen molar-refractivity contribution in [1.29, 1.82) is 0 Å². The van der Waals surface area contributed by atoms with E-state index in [1.165, 1.54) is 0 Å². The Balaban J connectivity index is -0.000000240. The Morgan fingerprint density at radius 2 is 0.300 bits per heavy atom. The van der Waals surface area contributed by atoms with E-state index in [0.29, 0.717) is 79.3 Å². The van der Waals surface area contributed by atoms with E-state index in [1.54, 1.807) is 0 Å². The van der Waals surface area contributed by atoms with Crippen molar-refractivity contribution in [1.82, 2.24) is 0 Å². The van der Waals surface area contributed by atoms with Crippen molar-refractivity contribution in [3.8, 4) is 0 Å². The van der Waals surface area contributed by atoms with E-state index in [9.17, 15) is 0 Å². The van der Waals surface area contributed by atoms with Crippen LogP contribution in [-0.2, 0) is 53.1 Å². The molecule has 0 bridgehead atoms. The molecule has 12 nitrogen and oxygen atoms in total. The maximum absolute atomic E-state index is 5.42. The van der Waals surface area contributed by atoms with Gasteiger partial charge in [-0.15, -0.1) is 0 Å². The standard InChI is InChI=1S/3C8H20O4Si.CH4/c3*1-5-9-13(10-6-2,11-7-3)12-8-4;/h3*5-8H2,1-4H3;1H4. The molecule has 0 radical (unpaired) electrons. The fourth-order valence-electron chi connectivity index (χ4n) is 2.87. The van der Waals surface area contributed by atoms with Crippen LogP contribution in [-0.4, -0.2) is 106 Å². The molecule has 0 aliphatic carbocycles. The van der Waals surface area contributed by atoms with Gasteiger partial charge in [-0.2, -0.15) is 0 Å². The largest absolute Gasteiger partial charge is 0.679 e. The Hall–Kier alpha value is 0.171. The zero-order valence-electron chi connectivity index (χ0n) is 26.9. The Morgan fingerprint density at radius 1 is 0.225 bits per heavy atom. The number of rotatable bonds is 24. The highest BCUT2D eigenvalue weighted by Gasteiger charge is 2.45. The number of hydrogen-bond acceptors (Lipinski definition) is 12. The quantitative estimate of drug-likeness (QED) is 0.127. The smallest absolute Gasteiger partial charge is 0.351 e. The topological polar surface area (TPSA) is 111 Å². The third-order valence-electron chi connectivity index (χ3n) is 3.85. The van der Waals surface area contributed by atoms with Gasteiger partial charge < -0.3 is 53.1 Å². The minimum Gasteiger partial charge on any atom is -0.351 e. The lowest BCUT2D eigenvalue weighted by Gasteiger charge is -2.26. The van der Waals surface area contributed by atoms with E-state index in [0.717, 1.165) is 0 Å². The lowest BCUT2D eigenvalue weighted by atomic mass is 10.9. The van der Waals surface area contributed by atoms with Crippen molar-refractivity contribution in [2.75, 3.05) is 79.3 Å². The van der Waals surface area contributed by atoms with Gasteiger partial charge in [0, 0.05) is 79.3 Å². The molecule has 0 heterocycles. The first-order chi connectivity index (χ1) is 18.7. The lowest BCUT2D eigenvalue weighted by Crippen LogP contribution is -2.49. The summed E-state index contributed by atoms with van der Waals surface area (Å²) >= 11 is 0. The summed E-state index contributed by atoms with van der Waals surface area (Å²) in [7, 11) is -8.39. The van der Waals surface area contributed by atoms with Gasteiger partial charge in [0.1, 0.15) is 0 Å². The molecule has 15 heteroatoms. The number of hydrogen-bond donors (Lipinski definition) is 0. The summed E-state index contributed by atoms with van der Waals surface area (Å²) < 4.78 is 65.1. The summed E-state index contributed by atoms with van der Waals surface area (Å²) in [5, 5.41) is 0. The van der Waals surface area contributed by atoms with Crippen molar-refractivity contribution < 1.29 is 53.1 Å². The van der Waals surface area contributed by atoms with Gasteiger partial charge in [0.25, 0.3) is 0 Å². The van der Waals surface area contributed by atoms with Gasteiger partial charge in [-0.3, -0.25) is 0 Å². The van der Waals surface area contributed by atoms with Gasteiger partial charge in [-0.25, -0.2) is 0 Å². The lowest BCUT2D eigenvalue weighted by molar-refractivity contribution is -0.0257. The third kappa shape index (κ3) is 22.7. The molecular formula is C25H64O12Si3. The van der Waals surface area contributed by atoms with E-state index in [-0.39, 0.29) is 7.43 Å². The summed E-state index contributed by atoms with van der Waals surface area (Å²) in [6, 6.07) is 0. The van der Waals surface area contributed by atoms with Crippen molar-refractivity contribution in [3.63, 3.8) is 0 Å². The Labute approximate surface area is 250 Å². The molecule has 0 aliphatic rings. The van der Waals surface area contributed by atoms with E-state index in [2.05, 4.69) is 0 Å². The molecule has 248 valence electrons. The van der Waals surface area contributed by atoms with Crippen LogP contribution in [0.4, 0.5) is 0 Å². The minimum absolute atomic E-state index is 0. The molecular weight excluding hydrogens is 577 g/mol. The molecule has 0 fully saturated rings. The van der Waals surface area contributed by atoms with E-state index in [1.807, 2.05) is 83.1 Å². The summed E-state index contributed by atoms with van der Waals surface area (Å²) in [6.45, 7) is 29.4. The summed E-state index contributed by atoms with van der Waals surface area (Å²) in [6.07, 6.45) is 0. The highest BCUT2D eigenvalue weighted by Crippen LogP contribution is 2.13. The normalized spacial score (nSPS) is 11.7. The average molecular weight is 641 g/mol. The van der Waals surface area contributed by atoms with Crippen LogP contribution >= 0.6 is 0 Å². The Morgan fingerprint density at radius 3 is 0.350 bits per heavy atom. The SMILES string of the molecule is C.CCO[Si](OCC)(OCC)OCC.CCO[Si](OCC)(OCC)OCC.CCO[Si](OCC)(OCC)OCC. The average Bonchev–Trinajstić information content (AvgIpc) is 2.87. The highest BCUT2D eigenvalue weighted by molar-refractivity contribution is 6.54. The van der Waals surface area contributed by atoms with Crippen LogP contribution < -0.4 is 0 Å². The zero-order valence-corrected chi connectivity index (χ0v) is 29.9. The second kappa shape index (κ2) is 32.1. The van der Waals surface area contributed by atoms with E-state index in [4.69, 9.17) is 53.1 Å². The van der Waals surface area contributed by atoms with Gasteiger partial charge in [0.2, 0.25) is 0 Å². The van der Waals surface area contributed by atoms with Crippen LogP contribution in [0.25, 0.3) is 0 Å². The van der Waals surface area contributed by atoms with Crippen molar-refractivity contribution in [2.24, 2.45) is 0 Å². The molecule has 0 N–H and O–H groups in total. The van der Waals surface area contributed by atoms with Gasteiger partial charge in [-0.1, -0.05) is 7.43 Å². The molecule has 0 aromatic rings. The van der Waals surface area contributed by atoms with E-state index >= 15 is 0 Å². The van der Waals surface area contributed by atoms with Crippen LogP contribution in [0.15, 0.2) is 0 Å². The summed E-state index contributed by atoms with van der Waals surface area (Å²) in [4.78, 5) is 0. The molecule has 0 aliphatic heterocycles. The molecule has 0 saturated carbocycles. The molecule has 0 unspecified atom stereocenters. The molecule has 0 amide bonds. The van der Waals surface area contributed by atoms with E-state index < -0.39 is 27.1 Å². The van der Waals surface area contributed by atoms with Crippen LogP contribution in [0.2, 0.25) is 0 Å². The monoisotopic (exact) mass is 640 g/mol. The van der Waals surface area contributed by atoms with Gasteiger partial charge in [-0.05, 0) is 83.1 Å². The molecule has 0 spiro atoms. The molecule has 0 atom stereocenters. The van der Waals surface area contributed by atoms with Crippen LogP contribution in [0.3, 0.4) is 0 Å². The molecule has 0 rings (SSSR count).